The van der Waals surface area contributed by atoms with Gasteiger partial charge >= 0.3 is 0 Å². The Hall–Kier alpha value is -2.11. The Morgan fingerprint density at radius 1 is 1.24 bits per heavy atom. The third-order valence-corrected chi connectivity index (χ3v) is 4.82. The molecule has 182 valence electrons. The van der Waals surface area contributed by atoms with Crippen molar-refractivity contribution in [3.8, 4) is 11.5 Å². The zero-order valence-corrected chi connectivity index (χ0v) is 21.6. The fourth-order valence-corrected chi connectivity index (χ4v) is 3.45. The van der Waals surface area contributed by atoms with Crippen LogP contribution in [0.15, 0.2) is 41.4 Å². The number of guanidine groups is 1. The van der Waals surface area contributed by atoms with Gasteiger partial charge in [-0.05, 0) is 62.6 Å². The smallest absolute Gasteiger partial charge is 0.191 e. The Balaban J connectivity index is 0.00000385. The van der Waals surface area contributed by atoms with Crippen molar-refractivity contribution >= 4 is 29.9 Å². The van der Waals surface area contributed by atoms with Gasteiger partial charge in [-0.15, -0.1) is 24.0 Å². The number of nitrogens with one attached hydrogen (secondary N) is 2. The molecule has 3 N–H and O–H groups in total. The van der Waals surface area contributed by atoms with Crippen molar-refractivity contribution in [3.63, 3.8) is 0 Å². The molecule has 1 aliphatic rings. The average molecular weight is 573 g/mol. The summed E-state index contributed by atoms with van der Waals surface area (Å²) in [5.41, 5.74) is 2.25. The minimum Gasteiger partial charge on any atom is -0.491 e. The average Bonchev–Trinajstić information content (AvgIpc) is 2.76. The predicted octanol–water partition coefficient (Wildman–Crippen LogP) is 3.93. The summed E-state index contributed by atoms with van der Waals surface area (Å²) in [7, 11) is 0. The maximum Gasteiger partial charge on any atom is 0.191 e. The fourth-order valence-electron chi connectivity index (χ4n) is 3.45. The lowest BCUT2D eigenvalue weighted by Crippen LogP contribution is -2.38. The van der Waals surface area contributed by atoms with E-state index in [2.05, 4.69) is 15.6 Å². The molecule has 33 heavy (non-hydrogen) atoms. The normalized spacial score (nSPS) is 14.1. The van der Waals surface area contributed by atoms with E-state index < -0.39 is 6.10 Å². The van der Waals surface area contributed by atoms with Crippen molar-refractivity contribution in [1.82, 2.24) is 10.6 Å². The largest absolute Gasteiger partial charge is 0.491 e. The second-order valence-corrected chi connectivity index (χ2v) is 7.82. The van der Waals surface area contributed by atoms with E-state index in [0.29, 0.717) is 37.8 Å². The van der Waals surface area contributed by atoms with Crippen molar-refractivity contribution < 1.29 is 23.7 Å². The maximum absolute atomic E-state index is 13.9. The highest BCUT2D eigenvalue weighted by molar-refractivity contribution is 14.0. The molecule has 1 aliphatic heterocycles. The summed E-state index contributed by atoms with van der Waals surface area (Å²) in [5, 5.41) is 17.0. The van der Waals surface area contributed by atoms with E-state index in [0.717, 1.165) is 22.4 Å². The molecule has 0 aliphatic carbocycles. The first-order valence-electron chi connectivity index (χ1n) is 10.9. The predicted molar refractivity (Wildman–Crippen MR) is 137 cm³/mol. The van der Waals surface area contributed by atoms with E-state index in [1.54, 1.807) is 0 Å². The molecule has 1 atom stereocenters. The third-order valence-electron chi connectivity index (χ3n) is 4.82. The van der Waals surface area contributed by atoms with Crippen LogP contribution in [0.4, 0.5) is 4.39 Å². The van der Waals surface area contributed by atoms with Crippen LogP contribution in [-0.4, -0.2) is 43.6 Å². The summed E-state index contributed by atoms with van der Waals surface area (Å²) >= 11 is 0. The lowest BCUT2D eigenvalue weighted by molar-refractivity contribution is -0.0172. The molecule has 2 aromatic carbocycles. The molecule has 0 saturated heterocycles. The lowest BCUT2D eigenvalue weighted by Gasteiger charge is -2.21. The lowest BCUT2D eigenvalue weighted by atomic mass is 10.1. The van der Waals surface area contributed by atoms with Gasteiger partial charge in [0.15, 0.2) is 12.8 Å². The molecule has 9 heteroatoms. The number of aliphatic hydroxyl groups excluding tert-OH is 1. The maximum atomic E-state index is 13.9. The van der Waals surface area contributed by atoms with Gasteiger partial charge in [-0.2, -0.15) is 0 Å². The van der Waals surface area contributed by atoms with Gasteiger partial charge in [0.1, 0.15) is 17.3 Å². The number of hydrogen-bond donors (Lipinski definition) is 3. The quantitative estimate of drug-likeness (QED) is 0.240. The number of aliphatic imine (C=N–C) groups is 1. The molecular weight excluding hydrogens is 540 g/mol. The minimum absolute atomic E-state index is 0. The van der Waals surface area contributed by atoms with E-state index >= 15 is 0 Å². The van der Waals surface area contributed by atoms with Gasteiger partial charge in [0.25, 0.3) is 0 Å². The van der Waals surface area contributed by atoms with E-state index in [4.69, 9.17) is 14.2 Å². The zero-order valence-electron chi connectivity index (χ0n) is 19.3. The molecule has 7 nitrogen and oxygen atoms in total. The highest BCUT2D eigenvalue weighted by atomic mass is 127. The van der Waals surface area contributed by atoms with Crippen LogP contribution in [0, 0.1) is 5.82 Å². The van der Waals surface area contributed by atoms with Crippen molar-refractivity contribution in [2.45, 2.75) is 46.0 Å². The molecule has 0 bridgehead atoms. The molecule has 0 saturated carbocycles. The SMILES string of the molecule is CCNC(=NCC(O)c1cccc(OC(C)C)c1)NCCc1cc(F)cc2c1OCOC2.I. The van der Waals surface area contributed by atoms with Gasteiger partial charge in [0.2, 0.25) is 0 Å². The molecule has 2 aromatic rings. The van der Waals surface area contributed by atoms with E-state index in [1.807, 2.05) is 45.0 Å². The standard InChI is InChI=1S/C24H32FN3O4.HI/c1-4-26-24(28-13-22(29)17-6-5-7-21(12-17)32-16(2)3)27-9-8-18-10-20(25)11-19-14-30-15-31-23(18)19;/h5-7,10-12,16,22,29H,4,8-9,13-15H2,1-3H3,(H2,26,27,28);1H. The van der Waals surface area contributed by atoms with Gasteiger partial charge in [0.05, 0.1) is 25.4 Å². The molecule has 3 rings (SSSR count). The van der Waals surface area contributed by atoms with Crippen molar-refractivity contribution in [1.29, 1.82) is 0 Å². The van der Waals surface area contributed by atoms with Gasteiger partial charge in [0, 0.05) is 18.7 Å². The molecule has 1 unspecified atom stereocenters. The number of benzene rings is 2. The molecular formula is C24H33FIN3O4. The summed E-state index contributed by atoms with van der Waals surface area (Å²) in [4.78, 5) is 4.49. The van der Waals surface area contributed by atoms with Crippen LogP contribution in [0.3, 0.4) is 0 Å². The first kappa shape index (κ1) is 27.1. The second-order valence-electron chi connectivity index (χ2n) is 7.82. The molecule has 1 heterocycles. The Morgan fingerprint density at radius 2 is 2.06 bits per heavy atom. The van der Waals surface area contributed by atoms with Gasteiger partial charge in [-0.3, -0.25) is 4.99 Å². The molecule has 0 aromatic heterocycles. The minimum atomic E-state index is -0.759. The first-order valence-corrected chi connectivity index (χ1v) is 10.9. The van der Waals surface area contributed by atoms with Crippen molar-refractivity contribution in [2.24, 2.45) is 4.99 Å². The first-order chi connectivity index (χ1) is 15.5. The van der Waals surface area contributed by atoms with Crippen LogP contribution >= 0.6 is 24.0 Å². The molecule has 0 fully saturated rings. The number of nitrogens with zero attached hydrogens (tertiary/aromatic N) is 1. The summed E-state index contributed by atoms with van der Waals surface area (Å²) in [6, 6.07) is 10.3. The second kappa shape index (κ2) is 13.6. The Labute approximate surface area is 211 Å². The highest BCUT2D eigenvalue weighted by Crippen LogP contribution is 2.29. The fraction of sp³-hybridized carbons (Fsp3) is 0.458. The van der Waals surface area contributed by atoms with Crippen molar-refractivity contribution in [3.05, 3.63) is 58.9 Å². The highest BCUT2D eigenvalue weighted by Gasteiger charge is 2.17. The summed E-state index contributed by atoms with van der Waals surface area (Å²) in [6.45, 7) is 7.80. The van der Waals surface area contributed by atoms with Gasteiger partial charge in [-0.25, -0.2) is 4.39 Å². The van der Waals surface area contributed by atoms with Gasteiger partial charge < -0.3 is 30.0 Å². The van der Waals surface area contributed by atoms with Crippen LogP contribution in [0.2, 0.25) is 0 Å². The number of rotatable bonds is 9. The Bertz CT molecular complexity index is 927. The number of aliphatic hydroxyl groups is 1. The third kappa shape index (κ3) is 8.31. The van der Waals surface area contributed by atoms with Crippen LogP contribution in [0.5, 0.6) is 11.5 Å². The number of halogens is 2. The van der Waals surface area contributed by atoms with E-state index in [9.17, 15) is 9.50 Å². The number of hydrogen-bond acceptors (Lipinski definition) is 5. The monoisotopic (exact) mass is 573 g/mol. The zero-order chi connectivity index (χ0) is 22.9. The summed E-state index contributed by atoms with van der Waals surface area (Å²) in [5.74, 6) is 1.69. The molecule has 0 spiro atoms. The summed E-state index contributed by atoms with van der Waals surface area (Å²) < 4.78 is 30.4. The van der Waals surface area contributed by atoms with Crippen LogP contribution in [-0.2, 0) is 17.8 Å². The van der Waals surface area contributed by atoms with Gasteiger partial charge in [-0.1, -0.05) is 12.1 Å². The molecule has 0 radical (unpaired) electrons. The van der Waals surface area contributed by atoms with Crippen LogP contribution in [0.1, 0.15) is 43.6 Å². The number of fused-ring (bicyclic) bond motifs is 1. The van der Waals surface area contributed by atoms with E-state index in [1.165, 1.54) is 12.1 Å². The Kier molecular flexibility index (Phi) is 11.2. The van der Waals surface area contributed by atoms with E-state index in [-0.39, 0.29) is 49.2 Å². The Morgan fingerprint density at radius 3 is 2.82 bits per heavy atom. The number of ether oxygens (including phenoxy) is 3. The summed E-state index contributed by atoms with van der Waals surface area (Å²) in [6.07, 6.45) is -0.141. The molecule has 0 amide bonds. The topological polar surface area (TPSA) is 84.3 Å². The van der Waals surface area contributed by atoms with Crippen LogP contribution < -0.4 is 20.1 Å². The van der Waals surface area contributed by atoms with Crippen LogP contribution in [0.25, 0.3) is 0 Å². The van der Waals surface area contributed by atoms with Crippen molar-refractivity contribution in [2.75, 3.05) is 26.4 Å².